The Morgan fingerprint density at radius 3 is 2.86 bits per heavy atom. The van der Waals surface area contributed by atoms with Gasteiger partial charge in [-0.15, -0.1) is 0 Å². The summed E-state index contributed by atoms with van der Waals surface area (Å²) in [5, 5.41) is 12.8. The summed E-state index contributed by atoms with van der Waals surface area (Å²) >= 11 is 0. The summed E-state index contributed by atoms with van der Waals surface area (Å²) in [6, 6.07) is 6.01. The average molecular weight is 289 g/mol. The Kier molecular flexibility index (Phi) is 4.44. The maximum atomic E-state index is 11.9. The number of aliphatic hydroxyl groups is 1. The second-order valence-electron chi connectivity index (χ2n) is 6.11. The predicted octanol–water partition coefficient (Wildman–Crippen LogP) is 2.49. The number of ether oxygens (including phenoxy) is 1. The molecule has 2 aliphatic rings. The minimum absolute atomic E-state index is 0.0394. The highest BCUT2D eigenvalue weighted by Gasteiger charge is 2.20. The molecule has 1 saturated carbocycles. The van der Waals surface area contributed by atoms with Crippen molar-refractivity contribution in [1.82, 2.24) is 5.32 Å². The van der Waals surface area contributed by atoms with Crippen LogP contribution in [0.15, 0.2) is 18.2 Å². The molecule has 2 N–H and O–H groups in total. The zero-order valence-corrected chi connectivity index (χ0v) is 12.3. The summed E-state index contributed by atoms with van der Waals surface area (Å²) in [4.78, 5) is 11.9. The van der Waals surface area contributed by atoms with Crippen LogP contribution in [0.25, 0.3) is 0 Å². The molecule has 0 heterocycles. The third-order valence-electron chi connectivity index (χ3n) is 4.50. The number of fused-ring (bicyclic) bond motifs is 1. The van der Waals surface area contributed by atoms with E-state index in [1.807, 2.05) is 18.2 Å². The van der Waals surface area contributed by atoms with Crippen molar-refractivity contribution in [2.45, 2.75) is 57.1 Å². The SMILES string of the molecule is O=C(COc1ccc2c(c1)CC[C@H]2O)NC1CCCCC1. The third-order valence-corrected chi connectivity index (χ3v) is 4.50. The molecule has 0 saturated heterocycles. The molecule has 0 aliphatic heterocycles. The molecule has 4 heteroatoms. The van der Waals surface area contributed by atoms with Gasteiger partial charge < -0.3 is 15.2 Å². The highest BCUT2D eigenvalue weighted by Crippen LogP contribution is 2.33. The third kappa shape index (κ3) is 3.56. The van der Waals surface area contributed by atoms with Crippen molar-refractivity contribution < 1.29 is 14.6 Å². The summed E-state index contributed by atoms with van der Waals surface area (Å²) < 4.78 is 5.58. The van der Waals surface area contributed by atoms with Gasteiger partial charge in [-0.3, -0.25) is 4.79 Å². The lowest BCUT2D eigenvalue weighted by atomic mass is 9.95. The van der Waals surface area contributed by atoms with Crippen LogP contribution in [0.5, 0.6) is 5.75 Å². The standard InChI is InChI=1S/C17H23NO3/c19-16-9-6-12-10-14(7-8-15(12)16)21-11-17(20)18-13-4-2-1-3-5-13/h7-8,10,13,16,19H,1-6,9,11H2,(H,18,20)/t16-/m1/s1. The van der Waals surface area contributed by atoms with E-state index in [1.165, 1.54) is 19.3 Å². The number of amides is 1. The van der Waals surface area contributed by atoms with Gasteiger partial charge in [-0.25, -0.2) is 0 Å². The molecule has 0 radical (unpaired) electrons. The first-order valence-electron chi connectivity index (χ1n) is 7.95. The first-order valence-corrected chi connectivity index (χ1v) is 7.95. The Hall–Kier alpha value is -1.55. The van der Waals surface area contributed by atoms with Gasteiger partial charge in [0.15, 0.2) is 6.61 Å². The lowest BCUT2D eigenvalue weighted by Gasteiger charge is -2.22. The molecule has 1 fully saturated rings. The zero-order valence-electron chi connectivity index (χ0n) is 12.3. The molecule has 1 aromatic carbocycles. The van der Waals surface area contributed by atoms with Crippen molar-refractivity contribution >= 4 is 5.91 Å². The van der Waals surface area contributed by atoms with Crippen LogP contribution in [0.1, 0.15) is 55.8 Å². The highest BCUT2D eigenvalue weighted by molar-refractivity contribution is 5.77. The first kappa shape index (κ1) is 14.4. The molecule has 0 bridgehead atoms. The van der Waals surface area contributed by atoms with Crippen molar-refractivity contribution in [2.24, 2.45) is 0 Å². The fraction of sp³-hybridized carbons (Fsp3) is 0.588. The summed E-state index contributed by atoms with van der Waals surface area (Å²) in [6.07, 6.45) is 7.18. The van der Waals surface area contributed by atoms with Crippen LogP contribution in [0.3, 0.4) is 0 Å². The fourth-order valence-electron chi connectivity index (χ4n) is 3.33. The van der Waals surface area contributed by atoms with Crippen LogP contribution in [0.2, 0.25) is 0 Å². The van der Waals surface area contributed by atoms with Crippen LogP contribution >= 0.6 is 0 Å². The number of aryl methyl sites for hydroxylation is 1. The van der Waals surface area contributed by atoms with E-state index < -0.39 is 0 Å². The van der Waals surface area contributed by atoms with E-state index in [2.05, 4.69) is 5.32 Å². The molecule has 21 heavy (non-hydrogen) atoms. The molecule has 0 unspecified atom stereocenters. The first-order chi connectivity index (χ1) is 10.2. The van der Waals surface area contributed by atoms with Gasteiger partial charge in [0.1, 0.15) is 5.75 Å². The van der Waals surface area contributed by atoms with Crippen molar-refractivity contribution in [2.75, 3.05) is 6.61 Å². The number of rotatable bonds is 4. The number of benzene rings is 1. The van der Waals surface area contributed by atoms with Crippen LogP contribution in [-0.4, -0.2) is 23.7 Å². The normalized spacial score (nSPS) is 21.9. The van der Waals surface area contributed by atoms with E-state index in [-0.39, 0.29) is 18.6 Å². The van der Waals surface area contributed by atoms with E-state index in [0.29, 0.717) is 11.8 Å². The summed E-state index contributed by atoms with van der Waals surface area (Å²) in [6.45, 7) is 0.0673. The van der Waals surface area contributed by atoms with Crippen molar-refractivity contribution in [3.63, 3.8) is 0 Å². The molecule has 1 aromatic rings. The molecule has 114 valence electrons. The van der Waals surface area contributed by atoms with E-state index in [0.717, 1.165) is 36.8 Å². The van der Waals surface area contributed by atoms with Gasteiger partial charge in [-0.1, -0.05) is 25.3 Å². The monoisotopic (exact) mass is 289 g/mol. The number of nitrogens with one attached hydrogen (secondary N) is 1. The number of carbonyl (C=O) groups is 1. The highest BCUT2D eigenvalue weighted by atomic mass is 16.5. The van der Waals surface area contributed by atoms with Crippen molar-refractivity contribution in [3.05, 3.63) is 29.3 Å². The molecule has 1 amide bonds. The zero-order chi connectivity index (χ0) is 14.7. The largest absolute Gasteiger partial charge is 0.484 e. The lowest BCUT2D eigenvalue weighted by molar-refractivity contribution is -0.124. The number of carbonyl (C=O) groups excluding carboxylic acids is 1. The Labute approximate surface area is 125 Å². The minimum Gasteiger partial charge on any atom is -0.484 e. The topological polar surface area (TPSA) is 58.6 Å². The van der Waals surface area contributed by atoms with Crippen molar-refractivity contribution in [1.29, 1.82) is 0 Å². The summed E-state index contributed by atoms with van der Waals surface area (Å²) in [5.74, 6) is 0.670. The van der Waals surface area contributed by atoms with Gasteiger partial charge in [0.2, 0.25) is 0 Å². The van der Waals surface area contributed by atoms with Gasteiger partial charge >= 0.3 is 0 Å². The quantitative estimate of drug-likeness (QED) is 0.895. The van der Waals surface area contributed by atoms with Crippen LogP contribution in [0.4, 0.5) is 0 Å². The second-order valence-corrected chi connectivity index (χ2v) is 6.11. The van der Waals surface area contributed by atoms with Gasteiger partial charge in [0.25, 0.3) is 5.91 Å². The van der Waals surface area contributed by atoms with Gasteiger partial charge in [0, 0.05) is 6.04 Å². The Morgan fingerprint density at radius 1 is 1.24 bits per heavy atom. The van der Waals surface area contributed by atoms with Crippen LogP contribution in [-0.2, 0) is 11.2 Å². The molecule has 1 atom stereocenters. The maximum Gasteiger partial charge on any atom is 0.258 e. The van der Waals surface area contributed by atoms with Crippen molar-refractivity contribution in [3.8, 4) is 5.75 Å². The van der Waals surface area contributed by atoms with Gasteiger partial charge in [-0.2, -0.15) is 0 Å². The Balaban J connectivity index is 1.49. The van der Waals surface area contributed by atoms with E-state index >= 15 is 0 Å². The predicted molar refractivity (Wildman–Crippen MR) is 80.2 cm³/mol. The molecule has 2 aliphatic carbocycles. The lowest BCUT2D eigenvalue weighted by Crippen LogP contribution is -2.38. The van der Waals surface area contributed by atoms with Crippen LogP contribution < -0.4 is 10.1 Å². The average Bonchev–Trinajstić information content (AvgIpc) is 2.87. The summed E-state index contributed by atoms with van der Waals surface area (Å²) in [5.41, 5.74) is 2.13. The molecular weight excluding hydrogens is 266 g/mol. The smallest absolute Gasteiger partial charge is 0.258 e. The molecule has 3 rings (SSSR count). The molecule has 0 spiro atoms. The second kappa shape index (κ2) is 6.48. The number of hydrogen-bond donors (Lipinski definition) is 2. The van der Waals surface area contributed by atoms with E-state index in [1.54, 1.807) is 0 Å². The fourth-order valence-corrected chi connectivity index (χ4v) is 3.33. The van der Waals surface area contributed by atoms with E-state index in [9.17, 15) is 9.90 Å². The maximum absolute atomic E-state index is 11.9. The van der Waals surface area contributed by atoms with Gasteiger partial charge in [-0.05, 0) is 48.9 Å². The van der Waals surface area contributed by atoms with Gasteiger partial charge in [0.05, 0.1) is 6.10 Å². The number of hydrogen-bond acceptors (Lipinski definition) is 3. The van der Waals surface area contributed by atoms with E-state index in [4.69, 9.17) is 4.74 Å². The summed E-state index contributed by atoms with van der Waals surface area (Å²) in [7, 11) is 0. The molecule has 0 aromatic heterocycles. The molecule has 4 nitrogen and oxygen atoms in total. The Morgan fingerprint density at radius 2 is 2.05 bits per heavy atom. The molecular formula is C17H23NO3. The minimum atomic E-state index is -0.344. The number of aliphatic hydroxyl groups excluding tert-OH is 1. The Bertz CT molecular complexity index is 509. The van der Waals surface area contributed by atoms with Crippen LogP contribution in [0, 0.1) is 0 Å².